The third kappa shape index (κ3) is 3.39. The van der Waals surface area contributed by atoms with Crippen LogP contribution < -0.4 is 5.32 Å². The summed E-state index contributed by atoms with van der Waals surface area (Å²) >= 11 is 0. The van der Waals surface area contributed by atoms with Gasteiger partial charge in [-0.1, -0.05) is 6.92 Å². The van der Waals surface area contributed by atoms with Crippen LogP contribution in [0, 0.1) is 0 Å². The number of carbonyl (C=O) groups excluding carboxylic acids is 2. The second kappa shape index (κ2) is 6.38. The number of imidazole rings is 1. The van der Waals surface area contributed by atoms with Gasteiger partial charge in [0.1, 0.15) is 0 Å². The Morgan fingerprint density at radius 2 is 2.10 bits per heavy atom. The van der Waals surface area contributed by atoms with E-state index in [9.17, 15) is 14.4 Å². The van der Waals surface area contributed by atoms with Crippen LogP contribution in [0.4, 0.5) is 0 Å². The Hall–Kier alpha value is -2.38. The molecule has 0 radical (unpaired) electrons. The van der Waals surface area contributed by atoms with Gasteiger partial charge in [-0.15, -0.1) is 0 Å². The van der Waals surface area contributed by atoms with Crippen molar-refractivity contribution in [2.24, 2.45) is 0 Å². The standard InChI is InChI=1S/C13H18N4O4/c1-2-9(18)16-8-3-5-17(6-4-8)12(19)10-11(13(20)21)15-7-14-10/h7-8H,2-6H2,1H3,(H,14,15)(H,16,18)(H,20,21). The van der Waals surface area contributed by atoms with Gasteiger partial charge in [0, 0.05) is 25.6 Å². The number of rotatable bonds is 4. The monoisotopic (exact) mass is 294 g/mol. The number of carbonyl (C=O) groups is 3. The van der Waals surface area contributed by atoms with Gasteiger partial charge < -0.3 is 20.3 Å². The summed E-state index contributed by atoms with van der Waals surface area (Å²) in [6, 6.07) is 0.0691. The first kappa shape index (κ1) is 15.0. The van der Waals surface area contributed by atoms with Crippen LogP contribution >= 0.6 is 0 Å². The molecule has 0 aliphatic carbocycles. The van der Waals surface area contributed by atoms with Gasteiger partial charge in [0.25, 0.3) is 5.91 Å². The molecule has 2 rings (SSSR count). The lowest BCUT2D eigenvalue weighted by Crippen LogP contribution is -2.46. The number of carboxylic acids is 1. The maximum Gasteiger partial charge on any atom is 0.354 e. The van der Waals surface area contributed by atoms with Gasteiger partial charge in [-0.05, 0) is 12.8 Å². The van der Waals surface area contributed by atoms with Gasteiger partial charge >= 0.3 is 5.97 Å². The first-order valence-corrected chi connectivity index (χ1v) is 6.88. The molecule has 2 amide bonds. The van der Waals surface area contributed by atoms with Crippen LogP contribution in [0.2, 0.25) is 0 Å². The second-order valence-electron chi connectivity index (χ2n) is 4.92. The van der Waals surface area contributed by atoms with Crippen LogP contribution in [0.25, 0.3) is 0 Å². The zero-order valence-corrected chi connectivity index (χ0v) is 11.8. The minimum atomic E-state index is -1.21. The number of aromatic carboxylic acids is 1. The van der Waals surface area contributed by atoms with Gasteiger partial charge in [0.15, 0.2) is 11.4 Å². The van der Waals surface area contributed by atoms with Crippen LogP contribution in [0.1, 0.15) is 47.2 Å². The lowest BCUT2D eigenvalue weighted by Gasteiger charge is -2.32. The number of amides is 2. The normalized spacial score (nSPS) is 15.8. The summed E-state index contributed by atoms with van der Waals surface area (Å²) in [5, 5.41) is 11.9. The largest absolute Gasteiger partial charge is 0.477 e. The van der Waals surface area contributed by atoms with Gasteiger partial charge in [-0.25, -0.2) is 9.78 Å². The number of hydrogen-bond donors (Lipinski definition) is 3. The number of nitrogens with one attached hydrogen (secondary N) is 2. The van der Waals surface area contributed by atoms with Crippen LogP contribution in [-0.2, 0) is 4.79 Å². The van der Waals surface area contributed by atoms with Crippen molar-refractivity contribution in [3.8, 4) is 0 Å². The third-order valence-corrected chi connectivity index (χ3v) is 3.52. The highest BCUT2D eigenvalue weighted by molar-refractivity contribution is 6.02. The molecule has 1 fully saturated rings. The molecule has 0 bridgehead atoms. The predicted molar refractivity (Wildman–Crippen MR) is 72.9 cm³/mol. The SMILES string of the molecule is CCC(=O)NC1CCN(C(=O)c2nc[nH]c2C(=O)O)CC1. The summed E-state index contributed by atoms with van der Waals surface area (Å²) in [6.45, 7) is 2.73. The highest BCUT2D eigenvalue weighted by atomic mass is 16.4. The molecule has 8 nitrogen and oxygen atoms in total. The number of aromatic amines is 1. The molecule has 0 atom stereocenters. The van der Waals surface area contributed by atoms with E-state index in [0.29, 0.717) is 32.4 Å². The van der Waals surface area contributed by atoms with Crippen molar-refractivity contribution in [1.82, 2.24) is 20.2 Å². The molecule has 0 saturated carbocycles. The van der Waals surface area contributed by atoms with E-state index in [1.807, 2.05) is 0 Å². The zero-order valence-electron chi connectivity index (χ0n) is 11.8. The fourth-order valence-corrected chi connectivity index (χ4v) is 2.33. The fourth-order valence-electron chi connectivity index (χ4n) is 2.33. The summed E-state index contributed by atoms with van der Waals surface area (Å²) in [5.74, 6) is -1.60. The summed E-state index contributed by atoms with van der Waals surface area (Å²) in [7, 11) is 0. The molecular formula is C13H18N4O4. The van der Waals surface area contributed by atoms with Crippen molar-refractivity contribution < 1.29 is 19.5 Å². The van der Waals surface area contributed by atoms with Crippen molar-refractivity contribution in [3.05, 3.63) is 17.7 Å². The van der Waals surface area contributed by atoms with E-state index < -0.39 is 11.9 Å². The van der Waals surface area contributed by atoms with Crippen LogP contribution in [0.15, 0.2) is 6.33 Å². The quantitative estimate of drug-likeness (QED) is 0.735. The molecule has 1 aliphatic heterocycles. The van der Waals surface area contributed by atoms with E-state index in [2.05, 4.69) is 15.3 Å². The first-order chi connectivity index (χ1) is 10.0. The minimum absolute atomic E-state index is 0.000223. The molecule has 3 N–H and O–H groups in total. The average Bonchev–Trinajstić information content (AvgIpc) is 2.96. The van der Waals surface area contributed by atoms with Crippen LogP contribution in [-0.4, -0.2) is 56.9 Å². The van der Waals surface area contributed by atoms with Gasteiger partial charge in [0.05, 0.1) is 6.33 Å². The van der Waals surface area contributed by atoms with Crippen molar-refractivity contribution in [3.63, 3.8) is 0 Å². The molecule has 1 aromatic heterocycles. The molecule has 21 heavy (non-hydrogen) atoms. The van der Waals surface area contributed by atoms with E-state index >= 15 is 0 Å². The van der Waals surface area contributed by atoms with Crippen molar-refractivity contribution in [2.75, 3.05) is 13.1 Å². The highest BCUT2D eigenvalue weighted by Crippen LogP contribution is 2.15. The summed E-state index contributed by atoms with van der Waals surface area (Å²) in [5.41, 5.74) is -0.264. The van der Waals surface area contributed by atoms with Crippen molar-refractivity contribution >= 4 is 17.8 Å². The minimum Gasteiger partial charge on any atom is -0.477 e. The molecular weight excluding hydrogens is 276 g/mol. The maximum absolute atomic E-state index is 12.3. The Bertz CT molecular complexity index is 546. The number of carboxylic acid groups (broad SMARTS) is 1. The van der Waals surface area contributed by atoms with Crippen LogP contribution in [0.5, 0.6) is 0 Å². The van der Waals surface area contributed by atoms with Crippen molar-refractivity contribution in [1.29, 1.82) is 0 Å². The van der Waals surface area contributed by atoms with Gasteiger partial charge in [-0.3, -0.25) is 9.59 Å². The lowest BCUT2D eigenvalue weighted by atomic mass is 10.0. The molecule has 1 aromatic rings. The molecule has 1 aliphatic rings. The van der Waals surface area contributed by atoms with E-state index in [0.717, 1.165) is 0 Å². The Labute approximate surface area is 121 Å². The van der Waals surface area contributed by atoms with Gasteiger partial charge in [0.2, 0.25) is 5.91 Å². The summed E-state index contributed by atoms with van der Waals surface area (Å²) in [6.07, 6.45) is 2.95. The molecule has 8 heteroatoms. The van der Waals surface area contributed by atoms with E-state index in [1.165, 1.54) is 6.33 Å². The number of nitrogens with zero attached hydrogens (tertiary/aromatic N) is 2. The highest BCUT2D eigenvalue weighted by Gasteiger charge is 2.28. The average molecular weight is 294 g/mol. The van der Waals surface area contributed by atoms with E-state index in [4.69, 9.17) is 5.11 Å². The Balaban J connectivity index is 1.96. The Morgan fingerprint density at radius 1 is 1.43 bits per heavy atom. The lowest BCUT2D eigenvalue weighted by molar-refractivity contribution is -0.121. The van der Waals surface area contributed by atoms with Crippen LogP contribution in [0.3, 0.4) is 0 Å². The van der Waals surface area contributed by atoms with E-state index in [-0.39, 0.29) is 23.3 Å². The fraction of sp³-hybridized carbons (Fsp3) is 0.538. The zero-order chi connectivity index (χ0) is 15.4. The Kier molecular flexibility index (Phi) is 4.56. The number of piperidine rings is 1. The molecule has 114 valence electrons. The maximum atomic E-state index is 12.3. The predicted octanol–water partition coefficient (Wildman–Crippen LogP) is 0.239. The van der Waals surface area contributed by atoms with Gasteiger partial charge in [-0.2, -0.15) is 0 Å². The molecule has 2 heterocycles. The summed E-state index contributed by atoms with van der Waals surface area (Å²) < 4.78 is 0. The number of hydrogen-bond acceptors (Lipinski definition) is 4. The molecule has 1 saturated heterocycles. The van der Waals surface area contributed by atoms with Crippen molar-refractivity contribution in [2.45, 2.75) is 32.2 Å². The number of H-pyrrole nitrogens is 1. The molecule has 0 aromatic carbocycles. The second-order valence-corrected chi connectivity index (χ2v) is 4.92. The first-order valence-electron chi connectivity index (χ1n) is 6.88. The Morgan fingerprint density at radius 3 is 2.67 bits per heavy atom. The number of likely N-dealkylation sites (tertiary alicyclic amines) is 1. The summed E-state index contributed by atoms with van der Waals surface area (Å²) in [4.78, 5) is 42.4. The smallest absolute Gasteiger partial charge is 0.354 e. The topological polar surface area (TPSA) is 115 Å². The molecule has 0 spiro atoms. The third-order valence-electron chi connectivity index (χ3n) is 3.52. The van der Waals surface area contributed by atoms with E-state index in [1.54, 1.807) is 11.8 Å². The number of aromatic nitrogens is 2. The molecule has 0 unspecified atom stereocenters.